The highest BCUT2D eigenvalue weighted by molar-refractivity contribution is 6.03. The number of alkyl halides is 6. The maximum atomic E-state index is 13.8. The number of hydrogen-bond acceptors (Lipinski definition) is 3. The van der Waals surface area contributed by atoms with Crippen LogP contribution in [0.1, 0.15) is 45.7 Å². The number of carbonyl (C=O) groups is 1. The Hall–Kier alpha value is -3.50. The predicted octanol–water partition coefficient (Wildman–Crippen LogP) is 6.12. The monoisotopic (exact) mass is 468 g/mol. The first-order valence-electron chi connectivity index (χ1n) is 9.90. The first-order valence-corrected chi connectivity index (χ1v) is 9.90. The summed E-state index contributed by atoms with van der Waals surface area (Å²) in [6.45, 7) is 1.86. The summed E-state index contributed by atoms with van der Waals surface area (Å²) in [7, 11) is 0. The fraction of sp³-hybridized carbons (Fsp3) is 0.273. The fourth-order valence-corrected chi connectivity index (χ4v) is 3.67. The Morgan fingerprint density at radius 2 is 1.76 bits per heavy atom. The Balaban J connectivity index is 1.62. The van der Waals surface area contributed by atoms with Gasteiger partial charge < -0.3 is 10.6 Å². The Morgan fingerprint density at radius 3 is 2.39 bits per heavy atom. The smallest absolute Gasteiger partial charge is 0.363 e. The number of nitrogens with zero attached hydrogens (tertiary/aromatic N) is 2. The van der Waals surface area contributed by atoms with Crippen LogP contribution in [0.4, 0.5) is 37.8 Å². The van der Waals surface area contributed by atoms with Crippen LogP contribution in [0.15, 0.2) is 54.6 Å². The number of fused-ring (bicyclic) bond motifs is 1. The summed E-state index contributed by atoms with van der Waals surface area (Å²) in [6, 6.07) is 9.49. The van der Waals surface area contributed by atoms with Gasteiger partial charge in [0.15, 0.2) is 11.7 Å². The molecule has 2 N–H and O–H groups in total. The molecule has 0 unspecified atom stereocenters. The summed E-state index contributed by atoms with van der Waals surface area (Å²) in [5.41, 5.74) is 0.134. The Kier molecular flexibility index (Phi) is 5.59. The molecule has 1 aromatic heterocycles. The Morgan fingerprint density at radius 1 is 1.06 bits per heavy atom. The minimum Gasteiger partial charge on any atom is -0.363 e. The van der Waals surface area contributed by atoms with E-state index in [0.29, 0.717) is 10.2 Å². The van der Waals surface area contributed by atoms with Crippen molar-refractivity contribution >= 4 is 17.4 Å². The molecule has 2 heterocycles. The number of rotatable bonds is 3. The van der Waals surface area contributed by atoms with Crippen LogP contribution in [0.3, 0.4) is 0 Å². The van der Waals surface area contributed by atoms with Crippen molar-refractivity contribution in [3.05, 3.63) is 77.0 Å². The molecule has 0 saturated heterocycles. The van der Waals surface area contributed by atoms with Crippen molar-refractivity contribution in [2.24, 2.45) is 0 Å². The van der Waals surface area contributed by atoms with Gasteiger partial charge in [0.2, 0.25) is 0 Å². The fourth-order valence-electron chi connectivity index (χ4n) is 3.67. The molecule has 0 spiro atoms. The number of aryl methyl sites for hydroxylation is 1. The van der Waals surface area contributed by atoms with E-state index in [1.165, 1.54) is 6.07 Å². The van der Waals surface area contributed by atoms with Crippen LogP contribution >= 0.6 is 0 Å². The molecule has 33 heavy (non-hydrogen) atoms. The summed E-state index contributed by atoms with van der Waals surface area (Å²) in [4.78, 5) is 12.6. The van der Waals surface area contributed by atoms with Crippen LogP contribution in [0.2, 0.25) is 0 Å². The molecule has 0 saturated carbocycles. The molecular weight excluding hydrogens is 450 g/mol. The summed E-state index contributed by atoms with van der Waals surface area (Å²) < 4.78 is 80.8. The van der Waals surface area contributed by atoms with E-state index in [2.05, 4.69) is 15.7 Å². The van der Waals surface area contributed by atoms with Gasteiger partial charge in [0.25, 0.3) is 5.91 Å². The molecule has 4 rings (SSSR count). The molecule has 0 aliphatic carbocycles. The second-order valence-corrected chi connectivity index (χ2v) is 7.79. The van der Waals surface area contributed by atoms with Gasteiger partial charge >= 0.3 is 12.4 Å². The lowest BCUT2D eigenvalue weighted by Gasteiger charge is -2.33. The first-order chi connectivity index (χ1) is 15.4. The number of anilines is 2. The number of halogens is 6. The van der Waals surface area contributed by atoms with E-state index < -0.39 is 35.9 Å². The quantitative estimate of drug-likeness (QED) is 0.455. The molecule has 3 aromatic rings. The van der Waals surface area contributed by atoms with Crippen molar-refractivity contribution in [1.82, 2.24) is 9.78 Å². The van der Waals surface area contributed by atoms with Crippen LogP contribution in [-0.4, -0.2) is 21.9 Å². The number of hydrogen-bond donors (Lipinski definition) is 2. The summed E-state index contributed by atoms with van der Waals surface area (Å²) >= 11 is 0. The third kappa shape index (κ3) is 4.81. The molecule has 0 fully saturated rings. The van der Waals surface area contributed by atoms with Gasteiger partial charge in [-0.1, -0.05) is 35.9 Å². The van der Waals surface area contributed by atoms with Crippen LogP contribution in [0, 0.1) is 6.92 Å². The van der Waals surface area contributed by atoms with E-state index in [0.717, 1.165) is 29.8 Å². The highest BCUT2D eigenvalue weighted by atomic mass is 19.4. The summed E-state index contributed by atoms with van der Waals surface area (Å²) in [6.07, 6.45) is -9.57. The van der Waals surface area contributed by atoms with E-state index in [4.69, 9.17) is 0 Å². The molecule has 5 nitrogen and oxygen atoms in total. The van der Waals surface area contributed by atoms with E-state index >= 15 is 0 Å². The largest absolute Gasteiger partial charge is 0.416 e. The van der Waals surface area contributed by atoms with E-state index in [1.807, 2.05) is 6.92 Å². The lowest BCUT2D eigenvalue weighted by Crippen LogP contribution is -2.35. The zero-order valence-corrected chi connectivity index (χ0v) is 17.1. The Labute approximate surface area is 184 Å². The van der Waals surface area contributed by atoms with Crippen LogP contribution in [0.5, 0.6) is 0 Å². The molecule has 0 bridgehead atoms. The minimum atomic E-state index is -4.62. The van der Waals surface area contributed by atoms with Gasteiger partial charge in [0, 0.05) is 18.2 Å². The zero-order valence-electron chi connectivity index (χ0n) is 17.1. The lowest BCUT2D eigenvalue weighted by molar-refractivity contribution is -0.173. The second kappa shape index (κ2) is 8.13. The van der Waals surface area contributed by atoms with Crippen LogP contribution in [-0.2, 0) is 6.18 Å². The first kappa shape index (κ1) is 22.7. The number of nitrogens with one attached hydrogen (secondary N) is 2. The van der Waals surface area contributed by atoms with Gasteiger partial charge in [-0.25, -0.2) is 4.68 Å². The van der Waals surface area contributed by atoms with Gasteiger partial charge in [-0.15, -0.1) is 0 Å². The molecule has 2 aromatic carbocycles. The number of benzene rings is 2. The SMILES string of the molecule is Cc1ccc([C@@H]2C[C@@H](C(F)(F)F)n3nc(C(=O)Nc4cccc(C(F)(F)F)c4)cc3N2)cc1. The van der Waals surface area contributed by atoms with E-state index in [1.54, 1.807) is 24.3 Å². The number of amides is 1. The van der Waals surface area contributed by atoms with Crippen molar-refractivity contribution in [2.45, 2.75) is 37.8 Å². The van der Waals surface area contributed by atoms with Crippen molar-refractivity contribution in [1.29, 1.82) is 0 Å². The average molecular weight is 468 g/mol. The molecule has 1 aliphatic heterocycles. The molecule has 0 radical (unpaired) electrons. The highest BCUT2D eigenvalue weighted by Crippen LogP contribution is 2.43. The molecule has 174 valence electrons. The highest BCUT2D eigenvalue weighted by Gasteiger charge is 2.46. The maximum Gasteiger partial charge on any atom is 0.416 e. The van der Waals surface area contributed by atoms with Crippen molar-refractivity contribution in [3.63, 3.8) is 0 Å². The molecule has 1 aliphatic rings. The predicted molar refractivity (Wildman–Crippen MR) is 109 cm³/mol. The van der Waals surface area contributed by atoms with Gasteiger partial charge in [-0.3, -0.25) is 4.79 Å². The maximum absolute atomic E-state index is 13.8. The van der Waals surface area contributed by atoms with Crippen molar-refractivity contribution in [3.8, 4) is 0 Å². The summed E-state index contributed by atoms with van der Waals surface area (Å²) in [5.74, 6) is -0.936. The molecule has 2 atom stereocenters. The van der Waals surface area contributed by atoms with Crippen LogP contribution in [0.25, 0.3) is 0 Å². The average Bonchev–Trinajstić information content (AvgIpc) is 3.17. The number of aromatic nitrogens is 2. The standard InChI is InChI=1S/C22H18F6N4O/c1-12-5-7-13(8-6-12)16-10-18(22(26,27)28)32-19(30-16)11-17(31-32)20(33)29-15-4-2-3-14(9-15)21(23,24)25/h2-9,11,16,18,30H,10H2,1H3,(H,29,33)/t16-,18-/m0/s1. The van der Waals surface area contributed by atoms with Crippen molar-refractivity contribution < 1.29 is 31.1 Å². The topological polar surface area (TPSA) is 59.0 Å². The number of carbonyl (C=O) groups excluding carboxylic acids is 1. The second-order valence-electron chi connectivity index (χ2n) is 7.79. The molecular formula is C22H18F6N4O. The van der Waals surface area contributed by atoms with E-state index in [-0.39, 0.29) is 23.6 Å². The normalized spacial score (nSPS) is 18.4. The third-order valence-electron chi connectivity index (χ3n) is 5.35. The third-order valence-corrected chi connectivity index (χ3v) is 5.35. The van der Waals surface area contributed by atoms with Gasteiger partial charge in [-0.05, 0) is 30.7 Å². The van der Waals surface area contributed by atoms with Gasteiger partial charge in [0.1, 0.15) is 5.82 Å². The van der Waals surface area contributed by atoms with Gasteiger partial charge in [-0.2, -0.15) is 31.4 Å². The minimum absolute atomic E-state index is 0.0108. The van der Waals surface area contributed by atoms with E-state index in [9.17, 15) is 31.1 Å². The van der Waals surface area contributed by atoms with Gasteiger partial charge in [0.05, 0.1) is 11.6 Å². The Bertz CT molecular complexity index is 1170. The van der Waals surface area contributed by atoms with Crippen LogP contribution < -0.4 is 10.6 Å². The summed E-state index contributed by atoms with van der Waals surface area (Å²) in [5, 5.41) is 9.04. The van der Waals surface area contributed by atoms with Crippen molar-refractivity contribution in [2.75, 3.05) is 10.6 Å². The molecule has 1 amide bonds. The lowest BCUT2D eigenvalue weighted by atomic mass is 9.96. The molecule has 11 heteroatoms. The zero-order chi connectivity index (χ0) is 24.0.